The number of halogens is 1. The summed E-state index contributed by atoms with van der Waals surface area (Å²) in [5.41, 5.74) is 1.25. The molecule has 1 aromatic rings. The van der Waals surface area contributed by atoms with Crippen LogP contribution in [0.4, 0.5) is 5.69 Å². The zero-order valence-corrected chi connectivity index (χ0v) is 13.9. The van der Waals surface area contributed by atoms with Gasteiger partial charge < -0.3 is 5.32 Å². The fourth-order valence-corrected chi connectivity index (χ4v) is 2.91. The average molecular weight is 343 g/mol. The van der Waals surface area contributed by atoms with Crippen LogP contribution in [0, 0.1) is 16.0 Å². The third kappa shape index (κ3) is 4.87. The summed E-state index contributed by atoms with van der Waals surface area (Å²) >= 11 is 3.44. The fourth-order valence-electron chi connectivity index (χ4n) is 2.38. The van der Waals surface area contributed by atoms with Crippen LogP contribution in [-0.4, -0.2) is 17.5 Å². The van der Waals surface area contributed by atoms with Gasteiger partial charge in [0.2, 0.25) is 0 Å². The van der Waals surface area contributed by atoms with E-state index in [0.29, 0.717) is 12.0 Å². The first-order valence-corrected chi connectivity index (χ1v) is 7.95. The maximum absolute atomic E-state index is 10.7. The number of benzene rings is 1. The molecule has 0 saturated heterocycles. The second kappa shape index (κ2) is 8.37. The lowest BCUT2D eigenvalue weighted by molar-refractivity contribution is -0.384. The van der Waals surface area contributed by atoms with Crippen LogP contribution in [0.3, 0.4) is 0 Å². The van der Waals surface area contributed by atoms with Crippen LogP contribution >= 0.6 is 15.9 Å². The number of non-ortho nitro benzene ring substituents is 1. The molecule has 0 aliphatic carbocycles. The van der Waals surface area contributed by atoms with Crippen molar-refractivity contribution < 1.29 is 4.92 Å². The van der Waals surface area contributed by atoms with E-state index in [-0.39, 0.29) is 10.6 Å². The molecule has 0 bridgehead atoms. The summed E-state index contributed by atoms with van der Waals surface area (Å²) in [6.07, 6.45) is 3.13. The van der Waals surface area contributed by atoms with E-state index in [9.17, 15) is 10.1 Å². The summed E-state index contributed by atoms with van der Waals surface area (Å²) < 4.78 is 0.823. The SMILES string of the molecule is CCCNC(CC)C(C)Cc1ccc([N+](=O)[O-])cc1Br. The molecule has 0 saturated carbocycles. The van der Waals surface area contributed by atoms with E-state index in [4.69, 9.17) is 0 Å². The molecule has 4 nitrogen and oxygen atoms in total. The summed E-state index contributed by atoms with van der Waals surface area (Å²) in [4.78, 5) is 10.4. The average Bonchev–Trinajstić information content (AvgIpc) is 2.41. The standard InChI is InChI=1S/C15H23BrN2O2/c1-4-8-17-15(5-2)11(3)9-12-6-7-13(18(19)20)10-14(12)16/h6-7,10-11,15,17H,4-5,8-9H2,1-3H3. The highest BCUT2D eigenvalue weighted by molar-refractivity contribution is 9.10. The van der Waals surface area contributed by atoms with Gasteiger partial charge >= 0.3 is 0 Å². The summed E-state index contributed by atoms with van der Waals surface area (Å²) in [6.45, 7) is 7.61. The van der Waals surface area contributed by atoms with E-state index < -0.39 is 0 Å². The first-order valence-electron chi connectivity index (χ1n) is 7.15. The predicted molar refractivity (Wildman–Crippen MR) is 86.0 cm³/mol. The van der Waals surface area contributed by atoms with Crippen LogP contribution in [-0.2, 0) is 6.42 Å². The van der Waals surface area contributed by atoms with Crippen molar-refractivity contribution in [3.05, 3.63) is 38.3 Å². The van der Waals surface area contributed by atoms with Crippen molar-refractivity contribution in [2.75, 3.05) is 6.54 Å². The second-order valence-corrected chi connectivity index (χ2v) is 6.04. The Bertz CT molecular complexity index is 451. The van der Waals surface area contributed by atoms with E-state index in [2.05, 4.69) is 42.0 Å². The molecular formula is C15H23BrN2O2. The van der Waals surface area contributed by atoms with Crippen LogP contribution < -0.4 is 5.32 Å². The molecule has 0 aromatic heterocycles. The predicted octanol–water partition coefficient (Wildman–Crippen LogP) is 4.31. The number of nitro groups is 1. The number of nitrogens with one attached hydrogen (secondary N) is 1. The largest absolute Gasteiger partial charge is 0.314 e. The molecule has 0 aliphatic heterocycles. The molecule has 0 radical (unpaired) electrons. The Morgan fingerprint density at radius 3 is 2.60 bits per heavy atom. The number of nitrogens with zero attached hydrogens (tertiary/aromatic N) is 1. The van der Waals surface area contributed by atoms with Crippen molar-refractivity contribution in [3.63, 3.8) is 0 Å². The highest BCUT2D eigenvalue weighted by atomic mass is 79.9. The lowest BCUT2D eigenvalue weighted by Crippen LogP contribution is -2.35. The molecule has 2 atom stereocenters. The first kappa shape index (κ1) is 17.1. The quantitative estimate of drug-likeness (QED) is 0.565. The molecule has 5 heteroatoms. The molecule has 0 heterocycles. The van der Waals surface area contributed by atoms with Crippen LogP contribution in [0.1, 0.15) is 39.2 Å². The molecule has 112 valence electrons. The van der Waals surface area contributed by atoms with Gasteiger partial charge in [-0.3, -0.25) is 10.1 Å². The first-order chi connectivity index (χ1) is 9.49. The Labute approximate surface area is 129 Å². The molecule has 1 aromatic carbocycles. The van der Waals surface area contributed by atoms with Crippen LogP contribution in [0.15, 0.2) is 22.7 Å². The molecule has 20 heavy (non-hydrogen) atoms. The number of hydrogen-bond acceptors (Lipinski definition) is 3. The summed E-state index contributed by atoms with van der Waals surface area (Å²) in [6, 6.07) is 5.50. The molecule has 0 spiro atoms. The highest BCUT2D eigenvalue weighted by Gasteiger charge is 2.17. The van der Waals surface area contributed by atoms with Crippen LogP contribution in [0.2, 0.25) is 0 Å². The Balaban J connectivity index is 2.74. The minimum atomic E-state index is -0.365. The number of hydrogen-bond donors (Lipinski definition) is 1. The Kier molecular flexibility index (Phi) is 7.16. The van der Waals surface area contributed by atoms with Gasteiger partial charge in [-0.05, 0) is 37.3 Å². The minimum Gasteiger partial charge on any atom is -0.314 e. The molecule has 0 fully saturated rings. The zero-order chi connectivity index (χ0) is 15.1. The summed E-state index contributed by atoms with van der Waals surface area (Å²) in [5.74, 6) is 0.490. The van der Waals surface area contributed by atoms with Crippen molar-refractivity contribution in [2.24, 2.45) is 5.92 Å². The van der Waals surface area contributed by atoms with E-state index in [1.54, 1.807) is 12.1 Å². The molecule has 0 aliphatic rings. The van der Waals surface area contributed by atoms with Gasteiger partial charge in [-0.25, -0.2) is 0 Å². The van der Waals surface area contributed by atoms with Gasteiger partial charge in [0.1, 0.15) is 0 Å². The lowest BCUT2D eigenvalue weighted by atomic mass is 9.92. The third-order valence-corrected chi connectivity index (χ3v) is 4.31. The minimum absolute atomic E-state index is 0.129. The number of rotatable bonds is 8. The summed E-state index contributed by atoms with van der Waals surface area (Å²) in [7, 11) is 0. The van der Waals surface area contributed by atoms with Crippen molar-refractivity contribution >= 4 is 21.6 Å². The van der Waals surface area contributed by atoms with Gasteiger partial charge in [0.15, 0.2) is 0 Å². The van der Waals surface area contributed by atoms with Gasteiger partial charge in [0, 0.05) is 22.6 Å². The molecule has 2 unspecified atom stereocenters. The van der Waals surface area contributed by atoms with Gasteiger partial charge in [0.25, 0.3) is 5.69 Å². The molecular weight excluding hydrogens is 320 g/mol. The van der Waals surface area contributed by atoms with Crippen molar-refractivity contribution in [1.82, 2.24) is 5.32 Å². The smallest absolute Gasteiger partial charge is 0.270 e. The Morgan fingerprint density at radius 1 is 1.40 bits per heavy atom. The van der Waals surface area contributed by atoms with Gasteiger partial charge in [0.05, 0.1) is 4.92 Å². The normalized spacial score (nSPS) is 14.0. The second-order valence-electron chi connectivity index (χ2n) is 5.18. The van der Waals surface area contributed by atoms with Crippen LogP contribution in [0.25, 0.3) is 0 Å². The fraction of sp³-hybridized carbons (Fsp3) is 0.600. The molecule has 1 N–H and O–H groups in total. The zero-order valence-electron chi connectivity index (χ0n) is 12.4. The highest BCUT2D eigenvalue weighted by Crippen LogP contribution is 2.26. The van der Waals surface area contributed by atoms with Crippen molar-refractivity contribution in [2.45, 2.75) is 46.1 Å². The topological polar surface area (TPSA) is 55.2 Å². The van der Waals surface area contributed by atoms with E-state index >= 15 is 0 Å². The maximum atomic E-state index is 10.7. The molecule has 1 rings (SSSR count). The van der Waals surface area contributed by atoms with Gasteiger partial charge in [-0.15, -0.1) is 0 Å². The van der Waals surface area contributed by atoms with Gasteiger partial charge in [-0.1, -0.05) is 42.8 Å². The van der Waals surface area contributed by atoms with E-state index in [1.165, 1.54) is 0 Å². The van der Waals surface area contributed by atoms with E-state index in [1.807, 2.05) is 6.07 Å². The monoisotopic (exact) mass is 342 g/mol. The van der Waals surface area contributed by atoms with Crippen LogP contribution in [0.5, 0.6) is 0 Å². The van der Waals surface area contributed by atoms with Crippen molar-refractivity contribution in [1.29, 1.82) is 0 Å². The Morgan fingerprint density at radius 2 is 2.10 bits per heavy atom. The van der Waals surface area contributed by atoms with Crippen molar-refractivity contribution in [3.8, 4) is 0 Å². The maximum Gasteiger partial charge on any atom is 0.270 e. The van der Waals surface area contributed by atoms with Gasteiger partial charge in [-0.2, -0.15) is 0 Å². The van der Waals surface area contributed by atoms with E-state index in [0.717, 1.165) is 35.8 Å². The Hall–Kier alpha value is -0.940. The third-order valence-electron chi connectivity index (χ3n) is 3.57. The summed E-state index contributed by atoms with van der Waals surface area (Å²) in [5, 5.41) is 14.3. The lowest BCUT2D eigenvalue weighted by Gasteiger charge is -2.24. The molecule has 0 amide bonds. The number of nitro benzene ring substituents is 1.